The maximum atomic E-state index is 5.89. The molecule has 3 heteroatoms. The first kappa shape index (κ1) is 10.8. The summed E-state index contributed by atoms with van der Waals surface area (Å²) in [5.74, 6) is 0.854. The first-order valence-electron chi connectivity index (χ1n) is 5.22. The molecule has 1 aromatic rings. The predicted molar refractivity (Wildman–Crippen MR) is 62.6 cm³/mol. The summed E-state index contributed by atoms with van der Waals surface area (Å²) in [7, 11) is 0. The zero-order valence-corrected chi connectivity index (χ0v) is 9.84. The van der Waals surface area contributed by atoms with Gasteiger partial charge in [0.15, 0.2) is 0 Å². The number of hydrogen-bond acceptors (Lipinski definition) is 2. The van der Waals surface area contributed by atoms with Crippen molar-refractivity contribution in [1.29, 1.82) is 0 Å². The molecule has 1 atom stereocenters. The highest BCUT2D eigenvalue weighted by atomic mass is 35.5. The summed E-state index contributed by atoms with van der Waals surface area (Å²) in [6.07, 6.45) is 1.28. The minimum absolute atomic E-state index is 0.184. The number of rotatable bonds is 2. The van der Waals surface area contributed by atoms with Crippen LogP contribution in [0.25, 0.3) is 0 Å². The Morgan fingerprint density at radius 3 is 2.87 bits per heavy atom. The van der Waals surface area contributed by atoms with Gasteiger partial charge < -0.3 is 10.1 Å². The fourth-order valence-corrected chi connectivity index (χ4v) is 2.10. The van der Waals surface area contributed by atoms with Crippen molar-refractivity contribution in [3.05, 3.63) is 29.3 Å². The van der Waals surface area contributed by atoms with Gasteiger partial charge in [-0.2, -0.15) is 0 Å². The Kier molecular flexibility index (Phi) is 2.89. The fourth-order valence-electron chi connectivity index (χ4n) is 1.92. The standard InChI is InChI=1S/C12H16ClNO/c1-12(2)7-11(8-14-12)15-10-5-3-4-9(13)6-10/h3-6,11,14H,7-8H2,1-2H3. The summed E-state index contributed by atoms with van der Waals surface area (Å²) in [4.78, 5) is 0. The number of halogens is 1. The van der Waals surface area contributed by atoms with E-state index >= 15 is 0 Å². The van der Waals surface area contributed by atoms with Crippen LogP contribution in [0.2, 0.25) is 5.02 Å². The minimum atomic E-state index is 0.184. The Balaban J connectivity index is 1.99. The van der Waals surface area contributed by atoms with Crippen LogP contribution < -0.4 is 10.1 Å². The van der Waals surface area contributed by atoms with Gasteiger partial charge in [0, 0.05) is 23.5 Å². The lowest BCUT2D eigenvalue weighted by atomic mass is 10.0. The molecule has 0 amide bonds. The van der Waals surface area contributed by atoms with Gasteiger partial charge in [0.1, 0.15) is 11.9 Å². The second kappa shape index (κ2) is 4.03. The molecule has 0 aliphatic carbocycles. The molecule has 0 saturated carbocycles. The highest BCUT2D eigenvalue weighted by Crippen LogP contribution is 2.24. The average Bonchev–Trinajstić information content (AvgIpc) is 2.45. The lowest BCUT2D eigenvalue weighted by molar-refractivity contribution is 0.214. The first-order chi connectivity index (χ1) is 7.05. The summed E-state index contributed by atoms with van der Waals surface area (Å²) in [5.41, 5.74) is 0.184. The lowest BCUT2D eigenvalue weighted by Gasteiger charge is -2.17. The van der Waals surface area contributed by atoms with Crippen LogP contribution in [0.3, 0.4) is 0 Å². The molecule has 1 saturated heterocycles. The van der Waals surface area contributed by atoms with Crippen molar-refractivity contribution >= 4 is 11.6 Å². The normalized spacial score (nSPS) is 24.1. The van der Waals surface area contributed by atoms with E-state index in [1.54, 1.807) is 0 Å². The summed E-state index contributed by atoms with van der Waals surface area (Å²) in [6, 6.07) is 7.56. The van der Waals surface area contributed by atoms with E-state index in [4.69, 9.17) is 16.3 Å². The zero-order valence-electron chi connectivity index (χ0n) is 9.09. The maximum Gasteiger partial charge on any atom is 0.121 e. The highest BCUT2D eigenvalue weighted by molar-refractivity contribution is 6.30. The molecule has 1 fully saturated rings. The summed E-state index contributed by atoms with van der Waals surface area (Å²) < 4.78 is 5.84. The third-order valence-electron chi connectivity index (χ3n) is 2.65. The first-order valence-corrected chi connectivity index (χ1v) is 5.60. The van der Waals surface area contributed by atoms with E-state index in [1.807, 2.05) is 24.3 Å². The molecule has 82 valence electrons. The molecule has 1 N–H and O–H groups in total. The van der Waals surface area contributed by atoms with Crippen molar-refractivity contribution in [1.82, 2.24) is 5.32 Å². The molecular formula is C12H16ClNO. The predicted octanol–water partition coefficient (Wildman–Crippen LogP) is 2.86. The van der Waals surface area contributed by atoms with Gasteiger partial charge in [0.05, 0.1) is 0 Å². The molecule has 0 radical (unpaired) electrons. The van der Waals surface area contributed by atoms with E-state index in [2.05, 4.69) is 19.2 Å². The Morgan fingerprint density at radius 2 is 2.27 bits per heavy atom. The van der Waals surface area contributed by atoms with Crippen LogP contribution in [0.4, 0.5) is 0 Å². The SMILES string of the molecule is CC1(C)CC(Oc2cccc(Cl)c2)CN1. The molecule has 0 spiro atoms. The monoisotopic (exact) mass is 225 g/mol. The van der Waals surface area contributed by atoms with Gasteiger partial charge in [0.25, 0.3) is 0 Å². The van der Waals surface area contributed by atoms with Crippen molar-refractivity contribution in [2.45, 2.75) is 31.9 Å². The quantitative estimate of drug-likeness (QED) is 0.836. The van der Waals surface area contributed by atoms with Crippen LogP contribution in [-0.4, -0.2) is 18.2 Å². The van der Waals surface area contributed by atoms with Crippen molar-refractivity contribution in [3.63, 3.8) is 0 Å². The van der Waals surface area contributed by atoms with Crippen molar-refractivity contribution < 1.29 is 4.74 Å². The van der Waals surface area contributed by atoms with Crippen LogP contribution in [-0.2, 0) is 0 Å². The molecule has 1 aliphatic heterocycles. The molecule has 1 aliphatic rings. The number of ether oxygens (including phenoxy) is 1. The minimum Gasteiger partial charge on any atom is -0.489 e. The lowest BCUT2D eigenvalue weighted by Crippen LogP contribution is -2.31. The Labute approximate surface area is 95.6 Å². The van der Waals surface area contributed by atoms with E-state index in [0.717, 1.165) is 23.7 Å². The summed E-state index contributed by atoms with van der Waals surface area (Å²) in [6.45, 7) is 5.28. The molecule has 1 aromatic carbocycles. The van der Waals surface area contributed by atoms with Crippen molar-refractivity contribution in [2.24, 2.45) is 0 Å². The van der Waals surface area contributed by atoms with Crippen LogP contribution in [0, 0.1) is 0 Å². The van der Waals surface area contributed by atoms with E-state index in [0.29, 0.717) is 0 Å². The Hall–Kier alpha value is -0.730. The Bertz CT molecular complexity index is 351. The molecule has 0 aromatic heterocycles. The van der Waals surface area contributed by atoms with Gasteiger partial charge in [-0.25, -0.2) is 0 Å². The van der Waals surface area contributed by atoms with E-state index in [1.165, 1.54) is 0 Å². The number of benzene rings is 1. The average molecular weight is 226 g/mol. The maximum absolute atomic E-state index is 5.89. The largest absolute Gasteiger partial charge is 0.489 e. The van der Waals surface area contributed by atoms with E-state index in [-0.39, 0.29) is 11.6 Å². The summed E-state index contributed by atoms with van der Waals surface area (Å²) in [5, 5.41) is 4.14. The zero-order chi connectivity index (χ0) is 10.9. The van der Waals surface area contributed by atoms with E-state index in [9.17, 15) is 0 Å². The van der Waals surface area contributed by atoms with Crippen LogP contribution in [0.15, 0.2) is 24.3 Å². The smallest absolute Gasteiger partial charge is 0.121 e. The second-order valence-electron chi connectivity index (χ2n) is 4.67. The van der Waals surface area contributed by atoms with E-state index < -0.39 is 0 Å². The Morgan fingerprint density at radius 1 is 1.47 bits per heavy atom. The topological polar surface area (TPSA) is 21.3 Å². The van der Waals surface area contributed by atoms with Crippen LogP contribution in [0.5, 0.6) is 5.75 Å². The highest BCUT2D eigenvalue weighted by Gasteiger charge is 2.31. The van der Waals surface area contributed by atoms with Gasteiger partial charge in [-0.1, -0.05) is 17.7 Å². The van der Waals surface area contributed by atoms with Crippen LogP contribution in [0.1, 0.15) is 20.3 Å². The van der Waals surface area contributed by atoms with Crippen molar-refractivity contribution in [3.8, 4) is 5.75 Å². The van der Waals surface area contributed by atoms with Gasteiger partial charge in [-0.15, -0.1) is 0 Å². The van der Waals surface area contributed by atoms with Gasteiger partial charge in [-0.05, 0) is 32.0 Å². The molecular weight excluding hydrogens is 210 g/mol. The van der Waals surface area contributed by atoms with Gasteiger partial charge in [-0.3, -0.25) is 0 Å². The second-order valence-corrected chi connectivity index (χ2v) is 5.10. The molecule has 2 rings (SSSR count). The molecule has 0 bridgehead atoms. The van der Waals surface area contributed by atoms with Gasteiger partial charge >= 0.3 is 0 Å². The molecule has 15 heavy (non-hydrogen) atoms. The molecule has 2 nitrogen and oxygen atoms in total. The number of hydrogen-bond donors (Lipinski definition) is 1. The fraction of sp³-hybridized carbons (Fsp3) is 0.500. The summed E-state index contributed by atoms with van der Waals surface area (Å²) >= 11 is 5.89. The third kappa shape index (κ3) is 2.86. The number of nitrogens with one attached hydrogen (secondary N) is 1. The molecule has 1 unspecified atom stereocenters. The molecule has 1 heterocycles. The van der Waals surface area contributed by atoms with Gasteiger partial charge in [0.2, 0.25) is 0 Å². The van der Waals surface area contributed by atoms with Crippen LogP contribution >= 0.6 is 11.6 Å². The third-order valence-corrected chi connectivity index (χ3v) is 2.88. The van der Waals surface area contributed by atoms with Crippen molar-refractivity contribution in [2.75, 3.05) is 6.54 Å².